The lowest BCUT2D eigenvalue weighted by atomic mass is 10.0. The Labute approximate surface area is 481 Å². The number of ether oxygens (including phenoxy) is 10. The number of rotatable bonds is 50. The summed E-state index contributed by atoms with van der Waals surface area (Å²) >= 11 is 0. The Kier molecular flexibility index (Phi) is 49.8. The van der Waals surface area contributed by atoms with E-state index in [-0.39, 0.29) is 215 Å². The van der Waals surface area contributed by atoms with Gasteiger partial charge in [0.2, 0.25) is 0 Å². The predicted molar refractivity (Wildman–Crippen MR) is 286 cm³/mol. The second-order valence-electron chi connectivity index (χ2n) is 17.0. The maximum absolute atomic E-state index is 11.4. The Morgan fingerprint density at radius 1 is 0.250 bits per heavy atom. The van der Waals surface area contributed by atoms with Crippen molar-refractivity contribution < 1.29 is 110 Å². The maximum atomic E-state index is 11.4. The number of hydroxylamine groups is 10. The van der Waals surface area contributed by atoms with Crippen molar-refractivity contribution in [3.05, 3.63) is 0 Å². The molecule has 0 fully saturated rings. The summed E-state index contributed by atoms with van der Waals surface area (Å²) in [5, 5.41) is 186. The maximum Gasteiger partial charge on any atom is 0.120 e. The van der Waals surface area contributed by atoms with Crippen LogP contribution in [0.3, 0.4) is 0 Å². The fourth-order valence-corrected chi connectivity index (χ4v) is 6.18. The van der Waals surface area contributed by atoms with Crippen LogP contribution < -0.4 is 54.8 Å². The minimum absolute atomic E-state index is 0.00635. The van der Waals surface area contributed by atoms with E-state index in [1.165, 1.54) is 0 Å². The lowest BCUT2D eigenvalue weighted by Crippen LogP contribution is -2.52. The van der Waals surface area contributed by atoms with Gasteiger partial charge in [0.1, 0.15) is 107 Å². The Morgan fingerprint density at radius 2 is 0.452 bits per heavy atom. The van der Waals surface area contributed by atoms with Crippen LogP contribution in [0.4, 0.5) is 0 Å². The van der Waals surface area contributed by atoms with Crippen molar-refractivity contribution in [2.24, 2.45) is 0 Å². The average molecular weight is 1230 g/mol. The normalized spacial score (nSPS) is 13.8. The Morgan fingerprint density at radius 3 is 0.738 bits per heavy atom. The zero-order valence-corrected chi connectivity index (χ0v) is 46.0. The second kappa shape index (κ2) is 52.4. The van der Waals surface area contributed by atoms with Gasteiger partial charge in [-0.05, 0) is 0 Å². The zero-order valence-electron chi connectivity index (χ0n) is 46.0. The summed E-state index contributed by atoms with van der Waals surface area (Å²) in [5.41, 5.74) is 16.8. The molecule has 0 heterocycles. The first-order valence-electron chi connectivity index (χ1n) is 25.4. The van der Waals surface area contributed by atoms with Crippen LogP contribution in [0.25, 0.3) is 0 Å². The summed E-state index contributed by atoms with van der Waals surface area (Å²) in [4.78, 5) is 0. The van der Waals surface area contributed by atoms with Crippen LogP contribution in [0.2, 0.25) is 0 Å². The Balaban J connectivity index is 0. The van der Waals surface area contributed by atoms with Gasteiger partial charge >= 0.3 is 0 Å². The van der Waals surface area contributed by atoms with E-state index in [4.69, 9.17) is 154 Å². The smallest absolute Gasteiger partial charge is 0.120 e. The lowest BCUT2D eigenvalue weighted by Gasteiger charge is -2.36. The summed E-state index contributed by atoms with van der Waals surface area (Å²) in [7, 11) is 0. The third-order valence-electron chi connectivity index (χ3n) is 10.7. The predicted octanol–water partition coefficient (Wildman–Crippen LogP) is -3.47. The number of aliphatic hydroxyl groups excluding tert-OH is 2. The quantitative estimate of drug-likeness (QED) is 0.0122. The number of amidine groups is 10. The van der Waals surface area contributed by atoms with Crippen molar-refractivity contribution in [2.45, 2.75) is 113 Å². The molecule has 8 unspecified atom stereocenters. The minimum Gasteiger partial charge on any atom is -0.388 e. The minimum atomic E-state index is -1.52. The molecule has 42 heteroatoms. The highest BCUT2D eigenvalue weighted by Crippen LogP contribution is 2.20. The zero-order chi connectivity index (χ0) is 63.5. The first-order chi connectivity index (χ1) is 40.2. The summed E-state index contributed by atoms with van der Waals surface area (Å²) in [6, 6.07) is 0. The molecular formula is C42H88N20O22. The molecule has 84 heavy (non-hydrogen) atoms. The van der Waals surface area contributed by atoms with E-state index in [0.717, 1.165) is 0 Å². The van der Waals surface area contributed by atoms with Gasteiger partial charge in [0.15, 0.2) is 0 Å². The van der Waals surface area contributed by atoms with Crippen molar-refractivity contribution in [2.75, 3.05) is 92.5 Å². The van der Waals surface area contributed by atoms with Crippen molar-refractivity contribution in [3.63, 3.8) is 0 Å². The van der Waals surface area contributed by atoms with Gasteiger partial charge in [0, 0.05) is 64.2 Å². The highest BCUT2D eigenvalue weighted by atomic mass is 16.6. The monoisotopic (exact) mass is 1220 g/mol. The van der Waals surface area contributed by atoms with E-state index in [0.29, 0.717) is 0 Å². The van der Waals surface area contributed by atoms with Gasteiger partial charge < -0.3 is 57.6 Å². The topological polar surface area (TPSA) is 694 Å². The average Bonchev–Trinajstić information content (AvgIpc) is 3.65. The van der Waals surface area contributed by atoms with E-state index in [9.17, 15) is 10.2 Å². The molecule has 0 aliphatic heterocycles. The number of hydrogen-bond donors (Lipinski definition) is 32. The highest BCUT2D eigenvalue weighted by Gasteiger charge is 2.39. The fourth-order valence-electron chi connectivity index (χ4n) is 6.18. The van der Waals surface area contributed by atoms with E-state index < -0.39 is 48.8 Å². The fraction of sp³-hybridized carbons (Fsp3) is 0.762. The third-order valence-corrected chi connectivity index (χ3v) is 10.7. The van der Waals surface area contributed by atoms with Gasteiger partial charge in [0.25, 0.3) is 0 Å². The Hall–Kier alpha value is -6.18. The van der Waals surface area contributed by atoms with Gasteiger partial charge in [-0.1, -0.05) is 0 Å². The molecule has 0 aromatic rings. The van der Waals surface area contributed by atoms with Gasteiger partial charge in [-0.25, -0.2) is 0 Å². The number of hydrogen-bond acceptors (Lipinski definition) is 32. The molecule has 0 amide bonds. The van der Waals surface area contributed by atoms with Gasteiger partial charge in [-0.3, -0.25) is 161 Å². The Bertz CT molecular complexity index is 1860. The highest BCUT2D eigenvalue weighted by molar-refractivity contribution is 5.80. The van der Waals surface area contributed by atoms with E-state index in [2.05, 4.69) is 0 Å². The van der Waals surface area contributed by atoms with Crippen molar-refractivity contribution >= 4 is 58.4 Å². The molecule has 0 aliphatic rings. The van der Waals surface area contributed by atoms with E-state index in [1.54, 1.807) is 54.8 Å². The first-order valence-corrected chi connectivity index (χ1v) is 25.4. The molecule has 0 rings (SSSR count). The van der Waals surface area contributed by atoms with Gasteiger partial charge in [-0.2, -0.15) is 0 Å². The van der Waals surface area contributed by atoms with Crippen molar-refractivity contribution in [1.82, 2.24) is 54.8 Å². The van der Waals surface area contributed by atoms with E-state index in [1.807, 2.05) is 0 Å². The van der Waals surface area contributed by atoms with Crippen LogP contribution in [0.5, 0.6) is 0 Å². The van der Waals surface area contributed by atoms with Crippen LogP contribution in [-0.4, -0.2) is 262 Å². The van der Waals surface area contributed by atoms with Crippen LogP contribution in [0.1, 0.15) is 64.2 Å². The molecule has 0 aliphatic carbocycles. The molecule has 8 atom stereocenters. The molecule has 0 radical (unpaired) electrons. The van der Waals surface area contributed by atoms with Crippen LogP contribution in [0.15, 0.2) is 0 Å². The van der Waals surface area contributed by atoms with Crippen molar-refractivity contribution in [3.8, 4) is 0 Å². The molecule has 32 N–H and O–H groups in total. The summed E-state index contributed by atoms with van der Waals surface area (Å²) in [6.45, 7) is -2.13. The standard InChI is InChI=1S/2C21H44N10O11/c22-15(27-33)1-6-38-11-13(40-8-3-17(24)29-35)20(32)21(42-10-5-19(26)31-37)14(41-9-4-18(25)30-36)12-39-7-2-16(23)28-34;22-15(27-33)1-6-38-11-13(32)20(41-9-4-18(25)30-36)21(42-10-5-19(26)31-37)14(40-8-3-17(24)29-35)12-39-7-2-16(23)28-34/h2*13-14,20-21,32-37H,1-12H2,(H2,22,27)(H2,23,28)(H2,24,29)(H2,25,30)(H2,26,31). The lowest BCUT2D eigenvalue weighted by molar-refractivity contribution is -0.185. The molecule has 0 saturated heterocycles. The summed E-state index contributed by atoms with van der Waals surface area (Å²) in [6.07, 6.45) is -10.2. The first kappa shape index (κ1) is 79.9. The molecule has 42 nitrogen and oxygen atoms in total. The van der Waals surface area contributed by atoms with Gasteiger partial charge in [-0.15, -0.1) is 0 Å². The van der Waals surface area contributed by atoms with Crippen LogP contribution in [-0.2, 0) is 47.4 Å². The molecule has 0 aromatic carbocycles. The van der Waals surface area contributed by atoms with Gasteiger partial charge in [0.05, 0.1) is 92.5 Å². The number of nitrogens with one attached hydrogen (secondary N) is 20. The molecule has 0 bridgehead atoms. The van der Waals surface area contributed by atoms with Crippen molar-refractivity contribution in [1.29, 1.82) is 54.1 Å². The largest absolute Gasteiger partial charge is 0.388 e. The summed E-state index contributed by atoms with van der Waals surface area (Å²) < 4.78 is 57.1. The summed E-state index contributed by atoms with van der Waals surface area (Å²) in [5.74, 6) is -2.45. The second-order valence-corrected chi connectivity index (χ2v) is 17.0. The van der Waals surface area contributed by atoms with Crippen LogP contribution in [0, 0.1) is 54.1 Å². The van der Waals surface area contributed by atoms with E-state index >= 15 is 0 Å². The molecule has 0 saturated carbocycles. The number of aliphatic hydroxyl groups is 2. The molecular weight excluding hydrogens is 1140 g/mol. The molecule has 0 aromatic heterocycles. The molecule has 488 valence electrons. The molecule has 0 spiro atoms. The SMILES string of the molecule is N=C(CCOCC(O)C(OCCC(=N)NO)C(OCCC(=N)NO)C(COCCC(=N)NO)OCCC(=N)NO)NO.N=C(CCOCC(OCCC(=N)NO)C(O)C(OCCC(=N)NO)C(COCCC(=N)NO)OCCC(=N)NO)NO. The van der Waals surface area contributed by atoms with Crippen LogP contribution >= 0.6 is 0 Å². The third kappa shape index (κ3) is 40.9.